The lowest BCUT2D eigenvalue weighted by Gasteiger charge is -2.31. The van der Waals surface area contributed by atoms with Crippen LogP contribution >= 0.6 is 11.3 Å². The Hall–Kier alpha value is -1.72. The summed E-state index contributed by atoms with van der Waals surface area (Å²) in [6, 6.07) is 7.87. The van der Waals surface area contributed by atoms with Gasteiger partial charge in [0.2, 0.25) is 5.91 Å². The fourth-order valence-electron chi connectivity index (χ4n) is 2.58. The van der Waals surface area contributed by atoms with Gasteiger partial charge >= 0.3 is 0 Å². The molecule has 1 amide bonds. The van der Waals surface area contributed by atoms with Crippen LogP contribution in [-0.4, -0.2) is 23.4 Å². The van der Waals surface area contributed by atoms with E-state index in [1.165, 1.54) is 22.6 Å². The second-order valence-electron chi connectivity index (χ2n) is 5.27. The summed E-state index contributed by atoms with van der Waals surface area (Å²) in [7, 11) is 0. The molecule has 5 heteroatoms. The molecule has 21 heavy (non-hydrogen) atoms. The number of rotatable bonds is 3. The molecule has 3 nitrogen and oxygen atoms in total. The van der Waals surface area contributed by atoms with Gasteiger partial charge in [0.25, 0.3) is 0 Å². The number of halogens is 1. The third-order valence-electron chi connectivity index (χ3n) is 3.86. The van der Waals surface area contributed by atoms with Crippen molar-refractivity contribution >= 4 is 22.9 Å². The Labute approximate surface area is 127 Å². The molecular formula is C16H17FN2OS. The molecule has 110 valence electrons. The van der Waals surface area contributed by atoms with Gasteiger partial charge in [0.15, 0.2) is 0 Å². The highest BCUT2D eigenvalue weighted by Gasteiger charge is 2.25. The first-order valence-electron chi connectivity index (χ1n) is 6.99. The van der Waals surface area contributed by atoms with Crippen LogP contribution in [0.4, 0.5) is 10.1 Å². The van der Waals surface area contributed by atoms with Gasteiger partial charge in [-0.25, -0.2) is 4.39 Å². The van der Waals surface area contributed by atoms with Crippen molar-refractivity contribution in [3.63, 3.8) is 0 Å². The van der Waals surface area contributed by atoms with E-state index in [0.29, 0.717) is 5.69 Å². The zero-order chi connectivity index (χ0) is 14.8. The Morgan fingerprint density at radius 2 is 2.29 bits per heavy atom. The van der Waals surface area contributed by atoms with Crippen LogP contribution in [0.2, 0.25) is 0 Å². The maximum Gasteiger partial charge on any atom is 0.241 e. The van der Waals surface area contributed by atoms with Crippen molar-refractivity contribution < 1.29 is 9.18 Å². The lowest BCUT2D eigenvalue weighted by Crippen LogP contribution is -2.44. The van der Waals surface area contributed by atoms with E-state index < -0.39 is 0 Å². The van der Waals surface area contributed by atoms with Crippen molar-refractivity contribution in [1.29, 1.82) is 0 Å². The maximum atomic E-state index is 13.1. The number of amides is 1. The predicted octanol–water partition coefficient (Wildman–Crippen LogP) is 3.27. The molecular weight excluding hydrogens is 287 g/mol. The largest absolute Gasteiger partial charge is 0.325 e. The summed E-state index contributed by atoms with van der Waals surface area (Å²) in [6.45, 7) is 3.58. The highest BCUT2D eigenvalue weighted by atomic mass is 32.1. The number of nitrogens with zero attached hydrogens (tertiary/aromatic N) is 1. The SMILES string of the molecule is C[C@@H](C(=O)Nc1cccc(F)c1)N1CCc2sccc2C1. The molecule has 3 rings (SSSR count). The van der Waals surface area contributed by atoms with Crippen LogP contribution in [-0.2, 0) is 17.8 Å². The van der Waals surface area contributed by atoms with E-state index in [4.69, 9.17) is 0 Å². The summed E-state index contributed by atoms with van der Waals surface area (Å²) < 4.78 is 13.1. The third kappa shape index (κ3) is 3.14. The molecule has 0 saturated heterocycles. The van der Waals surface area contributed by atoms with Gasteiger partial charge in [-0.3, -0.25) is 9.69 Å². The third-order valence-corrected chi connectivity index (χ3v) is 4.88. The molecule has 0 unspecified atom stereocenters. The number of anilines is 1. The molecule has 2 heterocycles. The van der Waals surface area contributed by atoms with Crippen LogP contribution in [0, 0.1) is 5.82 Å². The Balaban J connectivity index is 1.65. The van der Waals surface area contributed by atoms with E-state index in [2.05, 4.69) is 21.7 Å². The van der Waals surface area contributed by atoms with Crippen LogP contribution in [0.25, 0.3) is 0 Å². The monoisotopic (exact) mass is 304 g/mol. The summed E-state index contributed by atoms with van der Waals surface area (Å²) in [4.78, 5) is 15.9. The first-order valence-corrected chi connectivity index (χ1v) is 7.87. The fraction of sp³-hybridized carbons (Fsp3) is 0.312. The minimum absolute atomic E-state index is 0.0979. The first kappa shape index (κ1) is 14.2. The minimum atomic E-state index is -0.346. The van der Waals surface area contributed by atoms with Crippen molar-refractivity contribution in [3.8, 4) is 0 Å². The Kier molecular flexibility index (Phi) is 4.03. The average Bonchev–Trinajstić information content (AvgIpc) is 2.93. The Morgan fingerprint density at radius 3 is 3.10 bits per heavy atom. The number of benzene rings is 1. The molecule has 0 saturated carbocycles. The zero-order valence-electron chi connectivity index (χ0n) is 11.8. The number of nitrogens with one attached hydrogen (secondary N) is 1. The van der Waals surface area contributed by atoms with Crippen LogP contribution in [0.5, 0.6) is 0 Å². The van der Waals surface area contributed by atoms with Gasteiger partial charge in [-0.15, -0.1) is 11.3 Å². The standard InChI is InChI=1S/C16H17FN2OS/c1-11(16(20)18-14-4-2-3-13(17)9-14)19-7-5-15-12(10-19)6-8-21-15/h2-4,6,8-9,11H,5,7,10H2,1H3,(H,18,20)/t11-/m0/s1. The van der Waals surface area contributed by atoms with E-state index in [1.807, 2.05) is 6.92 Å². The van der Waals surface area contributed by atoms with E-state index in [9.17, 15) is 9.18 Å². The molecule has 1 atom stereocenters. The van der Waals surface area contributed by atoms with E-state index in [1.54, 1.807) is 23.5 Å². The second kappa shape index (κ2) is 5.95. The summed E-state index contributed by atoms with van der Waals surface area (Å²) in [6.07, 6.45) is 0.991. The lowest BCUT2D eigenvalue weighted by molar-refractivity contribution is -0.121. The number of carbonyl (C=O) groups is 1. The normalized spacial score (nSPS) is 16.3. The molecule has 1 aliphatic heterocycles. The second-order valence-corrected chi connectivity index (χ2v) is 6.27. The quantitative estimate of drug-likeness (QED) is 0.944. The van der Waals surface area contributed by atoms with E-state index in [-0.39, 0.29) is 17.8 Å². The summed E-state index contributed by atoms with van der Waals surface area (Å²) in [5, 5.41) is 4.88. The number of hydrogen-bond donors (Lipinski definition) is 1. The van der Waals surface area contributed by atoms with Crippen molar-refractivity contribution in [3.05, 3.63) is 52.0 Å². The van der Waals surface area contributed by atoms with Gasteiger partial charge in [0, 0.05) is 23.7 Å². The molecule has 1 aromatic heterocycles. The van der Waals surface area contributed by atoms with Gasteiger partial charge < -0.3 is 5.32 Å². The molecule has 2 aromatic rings. The smallest absolute Gasteiger partial charge is 0.241 e. The zero-order valence-corrected chi connectivity index (χ0v) is 12.6. The molecule has 1 aromatic carbocycles. The van der Waals surface area contributed by atoms with Crippen molar-refractivity contribution in [1.82, 2.24) is 4.90 Å². The maximum absolute atomic E-state index is 13.1. The Bertz CT molecular complexity index is 655. The molecule has 0 bridgehead atoms. The number of fused-ring (bicyclic) bond motifs is 1. The number of carbonyl (C=O) groups excluding carboxylic acids is 1. The molecule has 0 fully saturated rings. The summed E-state index contributed by atoms with van der Waals surface area (Å²) in [5.74, 6) is -0.444. The van der Waals surface area contributed by atoms with E-state index in [0.717, 1.165) is 19.5 Å². The van der Waals surface area contributed by atoms with Crippen LogP contribution < -0.4 is 5.32 Å². The number of hydrogen-bond acceptors (Lipinski definition) is 3. The van der Waals surface area contributed by atoms with Gasteiger partial charge in [0.05, 0.1) is 6.04 Å². The van der Waals surface area contributed by atoms with Crippen molar-refractivity contribution in [2.45, 2.75) is 25.9 Å². The lowest BCUT2D eigenvalue weighted by atomic mass is 10.1. The molecule has 0 aliphatic carbocycles. The topological polar surface area (TPSA) is 32.3 Å². The molecule has 0 spiro atoms. The average molecular weight is 304 g/mol. The minimum Gasteiger partial charge on any atom is -0.325 e. The predicted molar refractivity (Wildman–Crippen MR) is 82.9 cm³/mol. The molecule has 1 N–H and O–H groups in total. The van der Waals surface area contributed by atoms with Crippen LogP contribution in [0.15, 0.2) is 35.7 Å². The number of thiophene rings is 1. The highest BCUT2D eigenvalue weighted by Crippen LogP contribution is 2.25. The summed E-state index contributed by atoms with van der Waals surface area (Å²) in [5.41, 5.74) is 1.82. The van der Waals surface area contributed by atoms with Crippen LogP contribution in [0.1, 0.15) is 17.4 Å². The first-order chi connectivity index (χ1) is 10.1. The summed E-state index contributed by atoms with van der Waals surface area (Å²) >= 11 is 1.78. The molecule has 0 radical (unpaired) electrons. The highest BCUT2D eigenvalue weighted by molar-refractivity contribution is 7.10. The van der Waals surface area contributed by atoms with Crippen molar-refractivity contribution in [2.75, 3.05) is 11.9 Å². The Morgan fingerprint density at radius 1 is 1.43 bits per heavy atom. The molecule has 1 aliphatic rings. The van der Waals surface area contributed by atoms with Gasteiger partial charge in [-0.05, 0) is 48.6 Å². The van der Waals surface area contributed by atoms with E-state index >= 15 is 0 Å². The van der Waals surface area contributed by atoms with Gasteiger partial charge in [-0.1, -0.05) is 6.07 Å². The van der Waals surface area contributed by atoms with Crippen molar-refractivity contribution in [2.24, 2.45) is 0 Å². The van der Waals surface area contributed by atoms with Gasteiger partial charge in [0.1, 0.15) is 5.82 Å². The fourth-order valence-corrected chi connectivity index (χ4v) is 3.47. The van der Waals surface area contributed by atoms with Crippen LogP contribution in [0.3, 0.4) is 0 Å². The van der Waals surface area contributed by atoms with Gasteiger partial charge in [-0.2, -0.15) is 0 Å².